The third kappa shape index (κ3) is 2.40. The van der Waals surface area contributed by atoms with Gasteiger partial charge >= 0.3 is 5.97 Å². The third-order valence-electron chi connectivity index (χ3n) is 3.65. The van der Waals surface area contributed by atoms with Crippen LogP contribution in [-0.2, 0) is 9.47 Å². The van der Waals surface area contributed by atoms with Gasteiger partial charge in [0.05, 0.1) is 19.8 Å². The van der Waals surface area contributed by atoms with Gasteiger partial charge in [0.25, 0.3) is 0 Å². The zero-order chi connectivity index (χ0) is 13.2. The Morgan fingerprint density at radius 3 is 2.89 bits per heavy atom. The Labute approximate surface area is 111 Å². The Morgan fingerprint density at radius 2 is 2.21 bits per heavy atom. The largest absolute Gasteiger partial charge is 0.461 e. The molecule has 2 unspecified atom stereocenters. The molecule has 0 bridgehead atoms. The summed E-state index contributed by atoms with van der Waals surface area (Å²) in [6.45, 7) is 5.57. The van der Waals surface area contributed by atoms with Gasteiger partial charge in [-0.2, -0.15) is 0 Å². The molecule has 0 aromatic carbocycles. The van der Waals surface area contributed by atoms with Crippen molar-refractivity contribution in [1.82, 2.24) is 9.97 Å². The third-order valence-corrected chi connectivity index (χ3v) is 3.65. The summed E-state index contributed by atoms with van der Waals surface area (Å²) in [7, 11) is 0. The fourth-order valence-corrected chi connectivity index (χ4v) is 2.67. The first-order valence-electron chi connectivity index (χ1n) is 6.60. The van der Waals surface area contributed by atoms with E-state index < -0.39 is 5.97 Å². The smallest absolute Gasteiger partial charge is 0.357 e. The predicted molar refractivity (Wildman–Crippen MR) is 68.0 cm³/mol. The van der Waals surface area contributed by atoms with E-state index in [0.717, 1.165) is 26.3 Å². The molecule has 2 fully saturated rings. The van der Waals surface area contributed by atoms with Crippen LogP contribution in [0.15, 0.2) is 12.3 Å². The molecule has 0 amide bonds. The molecule has 1 aromatic heterocycles. The van der Waals surface area contributed by atoms with Gasteiger partial charge in [-0.25, -0.2) is 14.8 Å². The van der Waals surface area contributed by atoms with E-state index in [1.165, 1.54) is 0 Å². The van der Waals surface area contributed by atoms with Gasteiger partial charge in [-0.1, -0.05) is 0 Å². The highest BCUT2D eigenvalue weighted by molar-refractivity contribution is 5.87. The number of esters is 1. The number of hydrogen-bond acceptors (Lipinski definition) is 6. The van der Waals surface area contributed by atoms with Crippen molar-refractivity contribution in [2.75, 3.05) is 37.8 Å². The number of ether oxygens (including phenoxy) is 2. The maximum absolute atomic E-state index is 11.7. The average molecular weight is 263 g/mol. The highest BCUT2D eigenvalue weighted by Crippen LogP contribution is 2.30. The Morgan fingerprint density at radius 1 is 1.47 bits per heavy atom. The van der Waals surface area contributed by atoms with E-state index in [1.807, 2.05) is 0 Å². The number of aromatic nitrogens is 2. The molecule has 0 spiro atoms. The molecule has 2 saturated heterocycles. The Balaban J connectivity index is 1.75. The molecule has 6 heteroatoms. The zero-order valence-corrected chi connectivity index (χ0v) is 10.9. The van der Waals surface area contributed by atoms with Crippen LogP contribution in [-0.4, -0.2) is 48.8 Å². The molecule has 2 aliphatic rings. The van der Waals surface area contributed by atoms with Gasteiger partial charge in [-0.05, 0) is 13.0 Å². The van der Waals surface area contributed by atoms with Crippen LogP contribution in [0.4, 0.5) is 5.95 Å². The van der Waals surface area contributed by atoms with Crippen LogP contribution >= 0.6 is 0 Å². The Hall–Kier alpha value is -1.69. The van der Waals surface area contributed by atoms with Crippen molar-refractivity contribution in [3.8, 4) is 0 Å². The van der Waals surface area contributed by atoms with Crippen molar-refractivity contribution in [3.63, 3.8) is 0 Å². The Bertz CT molecular complexity index is 468. The van der Waals surface area contributed by atoms with Gasteiger partial charge in [-0.15, -0.1) is 0 Å². The van der Waals surface area contributed by atoms with Crippen molar-refractivity contribution in [1.29, 1.82) is 0 Å². The maximum atomic E-state index is 11.7. The minimum atomic E-state index is -0.395. The molecule has 6 nitrogen and oxygen atoms in total. The topological polar surface area (TPSA) is 64.5 Å². The number of fused-ring (bicyclic) bond motifs is 1. The zero-order valence-electron chi connectivity index (χ0n) is 10.9. The van der Waals surface area contributed by atoms with E-state index in [0.29, 0.717) is 30.1 Å². The SMILES string of the molecule is CCOC(=O)c1ccnc(N2CC3COCC3C2)n1. The highest BCUT2D eigenvalue weighted by Gasteiger charge is 2.38. The summed E-state index contributed by atoms with van der Waals surface area (Å²) in [6, 6.07) is 1.58. The summed E-state index contributed by atoms with van der Waals surface area (Å²) in [4.78, 5) is 22.3. The van der Waals surface area contributed by atoms with Crippen LogP contribution in [0.1, 0.15) is 17.4 Å². The van der Waals surface area contributed by atoms with Gasteiger partial charge in [0.2, 0.25) is 5.95 Å². The van der Waals surface area contributed by atoms with E-state index in [9.17, 15) is 4.79 Å². The molecular weight excluding hydrogens is 246 g/mol. The van der Waals surface area contributed by atoms with Crippen LogP contribution < -0.4 is 4.90 Å². The van der Waals surface area contributed by atoms with Gasteiger partial charge in [0, 0.05) is 31.1 Å². The fraction of sp³-hybridized carbons (Fsp3) is 0.615. The van der Waals surface area contributed by atoms with Crippen LogP contribution in [0, 0.1) is 11.8 Å². The van der Waals surface area contributed by atoms with E-state index in [-0.39, 0.29) is 0 Å². The molecule has 102 valence electrons. The van der Waals surface area contributed by atoms with E-state index in [2.05, 4.69) is 14.9 Å². The number of nitrogens with zero attached hydrogens (tertiary/aromatic N) is 3. The van der Waals surface area contributed by atoms with Crippen LogP contribution in [0.3, 0.4) is 0 Å². The minimum Gasteiger partial charge on any atom is -0.461 e. The van der Waals surface area contributed by atoms with Crippen molar-refractivity contribution < 1.29 is 14.3 Å². The fourth-order valence-electron chi connectivity index (χ4n) is 2.67. The number of carbonyl (C=O) groups is 1. The van der Waals surface area contributed by atoms with Gasteiger partial charge < -0.3 is 14.4 Å². The predicted octanol–water partition coefficient (Wildman–Crippen LogP) is 0.736. The number of hydrogen-bond donors (Lipinski definition) is 0. The number of carbonyl (C=O) groups excluding carboxylic acids is 1. The number of rotatable bonds is 3. The standard InChI is InChI=1S/C13H17N3O3/c1-2-19-12(17)11-3-4-14-13(15-11)16-5-9-7-18-8-10(9)6-16/h3-4,9-10H,2,5-8H2,1H3. The first-order chi connectivity index (χ1) is 9.28. The van der Waals surface area contributed by atoms with E-state index in [4.69, 9.17) is 9.47 Å². The second-order valence-electron chi connectivity index (χ2n) is 4.92. The molecule has 1 aromatic rings. The lowest BCUT2D eigenvalue weighted by Gasteiger charge is -2.17. The first-order valence-corrected chi connectivity index (χ1v) is 6.60. The lowest BCUT2D eigenvalue weighted by Crippen LogP contribution is -2.25. The molecule has 3 heterocycles. The first kappa shape index (κ1) is 12.3. The highest BCUT2D eigenvalue weighted by atomic mass is 16.5. The van der Waals surface area contributed by atoms with E-state index in [1.54, 1.807) is 19.2 Å². The summed E-state index contributed by atoms with van der Waals surface area (Å²) < 4.78 is 10.4. The molecule has 2 atom stereocenters. The quantitative estimate of drug-likeness (QED) is 0.749. The lowest BCUT2D eigenvalue weighted by atomic mass is 10.0. The van der Waals surface area contributed by atoms with Crippen LogP contribution in [0.25, 0.3) is 0 Å². The molecule has 0 N–H and O–H groups in total. The second kappa shape index (κ2) is 5.13. The van der Waals surface area contributed by atoms with Gasteiger partial charge in [-0.3, -0.25) is 0 Å². The van der Waals surface area contributed by atoms with Crippen molar-refractivity contribution in [2.24, 2.45) is 11.8 Å². The average Bonchev–Trinajstić information content (AvgIpc) is 3.00. The second-order valence-corrected chi connectivity index (χ2v) is 4.92. The molecule has 2 aliphatic heterocycles. The van der Waals surface area contributed by atoms with Gasteiger partial charge in [0.15, 0.2) is 5.69 Å². The van der Waals surface area contributed by atoms with Crippen LogP contribution in [0.2, 0.25) is 0 Å². The van der Waals surface area contributed by atoms with Crippen molar-refractivity contribution >= 4 is 11.9 Å². The van der Waals surface area contributed by atoms with Gasteiger partial charge in [0.1, 0.15) is 0 Å². The van der Waals surface area contributed by atoms with Crippen molar-refractivity contribution in [3.05, 3.63) is 18.0 Å². The molecule has 3 rings (SSSR count). The molecule has 19 heavy (non-hydrogen) atoms. The lowest BCUT2D eigenvalue weighted by molar-refractivity contribution is 0.0519. The number of anilines is 1. The normalized spacial score (nSPS) is 25.4. The van der Waals surface area contributed by atoms with Crippen molar-refractivity contribution in [2.45, 2.75) is 6.92 Å². The minimum absolute atomic E-state index is 0.320. The summed E-state index contributed by atoms with van der Waals surface area (Å²) in [5, 5.41) is 0. The molecule has 0 radical (unpaired) electrons. The monoisotopic (exact) mass is 263 g/mol. The maximum Gasteiger partial charge on any atom is 0.357 e. The summed E-state index contributed by atoms with van der Waals surface area (Å²) in [5.74, 6) is 1.35. The molecule has 0 saturated carbocycles. The summed E-state index contributed by atoms with van der Waals surface area (Å²) >= 11 is 0. The summed E-state index contributed by atoms with van der Waals surface area (Å²) in [5.41, 5.74) is 0.320. The van der Waals surface area contributed by atoms with E-state index >= 15 is 0 Å². The molecule has 0 aliphatic carbocycles. The molecular formula is C13H17N3O3. The van der Waals surface area contributed by atoms with Crippen LogP contribution in [0.5, 0.6) is 0 Å². The Kier molecular flexibility index (Phi) is 3.33. The summed E-state index contributed by atoms with van der Waals surface area (Å²) in [6.07, 6.45) is 1.61.